The van der Waals surface area contributed by atoms with Crippen molar-refractivity contribution in [2.75, 3.05) is 11.9 Å². The number of hydrogen-bond donors (Lipinski definition) is 2. The molecule has 0 saturated heterocycles. The van der Waals surface area contributed by atoms with Crippen molar-refractivity contribution < 1.29 is 18.0 Å². The molecule has 0 fully saturated rings. The van der Waals surface area contributed by atoms with Gasteiger partial charge in [-0.25, -0.2) is 0 Å². The van der Waals surface area contributed by atoms with Gasteiger partial charge in [0.25, 0.3) is 0 Å². The predicted octanol–water partition coefficient (Wildman–Crippen LogP) is 2.24. The first-order valence-electron chi connectivity index (χ1n) is 5.01. The molecule has 0 spiro atoms. The van der Waals surface area contributed by atoms with Crippen molar-refractivity contribution in [2.45, 2.75) is 13.1 Å². The Morgan fingerprint density at radius 3 is 2.29 bits per heavy atom. The largest absolute Gasteiger partial charge is 0.416 e. The summed E-state index contributed by atoms with van der Waals surface area (Å²) in [6.07, 6.45) is -4.33. The first-order valence-corrected chi connectivity index (χ1v) is 5.01. The number of rotatable bonds is 4. The number of hydrogen-bond acceptors (Lipinski definition) is 2. The van der Waals surface area contributed by atoms with Crippen LogP contribution in [-0.4, -0.2) is 12.5 Å². The average Bonchev–Trinajstić information content (AvgIpc) is 2.25. The highest BCUT2D eigenvalue weighted by Gasteiger charge is 2.29. The minimum absolute atomic E-state index is 0.292. The lowest BCUT2D eigenvalue weighted by Gasteiger charge is -2.11. The Morgan fingerprint density at radius 2 is 1.88 bits per heavy atom. The van der Waals surface area contributed by atoms with Crippen LogP contribution < -0.4 is 11.1 Å². The fourth-order valence-corrected chi connectivity index (χ4v) is 1.15. The number of primary amides is 1. The van der Waals surface area contributed by atoms with E-state index in [2.05, 4.69) is 5.32 Å². The second kappa shape index (κ2) is 5.07. The smallest absolute Gasteiger partial charge is 0.384 e. The lowest BCUT2D eigenvalue weighted by molar-refractivity contribution is -0.137. The van der Waals surface area contributed by atoms with E-state index in [0.29, 0.717) is 12.2 Å². The van der Waals surface area contributed by atoms with Gasteiger partial charge in [-0.3, -0.25) is 4.79 Å². The van der Waals surface area contributed by atoms with Crippen LogP contribution in [0.5, 0.6) is 0 Å². The van der Waals surface area contributed by atoms with E-state index in [0.717, 1.165) is 12.1 Å². The molecule has 0 saturated carbocycles. The van der Waals surface area contributed by atoms with E-state index in [1.165, 1.54) is 12.1 Å². The van der Waals surface area contributed by atoms with Gasteiger partial charge >= 0.3 is 6.18 Å². The first kappa shape index (κ1) is 13.3. The zero-order valence-corrected chi connectivity index (χ0v) is 9.21. The maximum Gasteiger partial charge on any atom is 0.416 e. The third-order valence-electron chi connectivity index (χ3n) is 2.31. The number of alkyl halides is 3. The summed E-state index contributed by atoms with van der Waals surface area (Å²) >= 11 is 0. The van der Waals surface area contributed by atoms with Gasteiger partial charge in [-0.05, 0) is 24.3 Å². The highest BCUT2D eigenvalue weighted by atomic mass is 19.4. The Bertz CT molecular complexity index is 387. The number of amides is 1. The molecule has 1 atom stereocenters. The Morgan fingerprint density at radius 1 is 1.35 bits per heavy atom. The molecule has 17 heavy (non-hydrogen) atoms. The molecule has 0 aromatic heterocycles. The van der Waals surface area contributed by atoms with Gasteiger partial charge in [-0.2, -0.15) is 13.2 Å². The summed E-state index contributed by atoms with van der Waals surface area (Å²) in [6.45, 7) is 1.93. The van der Waals surface area contributed by atoms with Gasteiger partial charge in [-0.1, -0.05) is 6.92 Å². The summed E-state index contributed by atoms with van der Waals surface area (Å²) < 4.78 is 36.8. The molecule has 1 rings (SSSR count). The van der Waals surface area contributed by atoms with Crippen LogP contribution in [0.25, 0.3) is 0 Å². The predicted molar refractivity (Wildman–Crippen MR) is 58.3 cm³/mol. The minimum Gasteiger partial charge on any atom is -0.384 e. The van der Waals surface area contributed by atoms with E-state index >= 15 is 0 Å². The van der Waals surface area contributed by atoms with Crippen molar-refractivity contribution in [1.82, 2.24) is 0 Å². The van der Waals surface area contributed by atoms with Crippen LogP contribution in [0.3, 0.4) is 0 Å². The second-order valence-corrected chi connectivity index (χ2v) is 3.76. The lowest BCUT2D eigenvalue weighted by atomic mass is 10.1. The standard InChI is InChI=1S/C11H13F3N2O/c1-7(10(15)17)6-16-9-4-2-8(3-5-9)11(12,13)14/h2-5,7,16H,6H2,1H3,(H2,15,17). The van der Waals surface area contributed by atoms with Crippen LogP contribution in [0, 0.1) is 5.92 Å². The molecule has 0 aliphatic rings. The molecule has 0 heterocycles. The van der Waals surface area contributed by atoms with E-state index in [9.17, 15) is 18.0 Å². The quantitative estimate of drug-likeness (QED) is 0.856. The molecule has 0 bridgehead atoms. The van der Waals surface area contributed by atoms with Crippen LogP contribution in [-0.2, 0) is 11.0 Å². The van der Waals surface area contributed by atoms with E-state index in [1.807, 2.05) is 0 Å². The van der Waals surface area contributed by atoms with Gasteiger partial charge in [0.1, 0.15) is 0 Å². The summed E-state index contributed by atoms with van der Waals surface area (Å²) in [5.74, 6) is -0.832. The third kappa shape index (κ3) is 3.97. The molecule has 1 amide bonds. The van der Waals surface area contributed by atoms with Crippen LogP contribution in [0.2, 0.25) is 0 Å². The van der Waals surface area contributed by atoms with Crippen molar-refractivity contribution in [2.24, 2.45) is 11.7 Å². The van der Waals surface area contributed by atoms with Crippen molar-refractivity contribution in [3.05, 3.63) is 29.8 Å². The first-order chi connectivity index (χ1) is 7.80. The van der Waals surface area contributed by atoms with Crippen molar-refractivity contribution >= 4 is 11.6 Å². The van der Waals surface area contributed by atoms with Gasteiger partial charge in [0.2, 0.25) is 5.91 Å². The molecule has 0 aliphatic carbocycles. The van der Waals surface area contributed by atoms with Gasteiger partial charge < -0.3 is 11.1 Å². The van der Waals surface area contributed by atoms with Crippen molar-refractivity contribution in [1.29, 1.82) is 0 Å². The number of nitrogens with two attached hydrogens (primary N) is 1. The van der Waals surface area contributed by atoms with Crippen LogP contribution in [0.15, 0.2) is 24.3 Å². The molecule has 3 N–H and O–H groups in total. The van der Waals surface area contributed by atoms with Crippen LogP contribution >= 0.6 is 0 Å². The molecule has 3 nitrogen and oxygen atoms in total. The highest BCUT2D eigenvalue weighted by Crippen LogP contribution is 2.29. The Labute approximate surface area is 96.8 Å². The fraction of sp³-hybridized carbons (Fsp3) is 0.364. The number of carbonyl (C=O) groups is 1. The molecule has 0 radical (unpaired) electrons. The van der Waals surface area contributed by atoms with E-state index in [-0.39, 0.29) is 5.92 Å². The molecule has 0 aliphatic heterocycles. The zero-order chi connectivity index (χ0) is 13.1. The van der Waals surface area contributed by atoms with Crippen LogP contribution in [0.1, 0.15) is 12.5 Å². The Kier molecular flexibility index (Phi) is 3.98. The van der Waals surface area contributed by atoms with Gasteiger partial charge in [0, 0.05) is 12.2 Å². The molecular formula is C11H13F3N2O. The van der Waals surface area contributed by atoms with Gasteiger partial charge in [0.15, 0.2) is 0 Å². The van der Waals surface area contributed by atoms with Gasteiger partial charge in [-0.15, -0.1) is 0 Å². The third-order valence-corrected chi connectivity index (χ3v) is 2.31. The molecular weight excluding hydrogens is 233 g/mol. The SMILES string of the molecule is CC(CNc1ccc(C(F)(F)F)cc1)C(N)=O. The average molecular weight is 246 g/mol. The zero-order valence-electron chi connectivity index (χ0n) is 9.21. The van der Waals surface area contributed by atoms with Crippen molar-refractivity contribution in [3.63, 3.8) is 0 Å². The highest BCUT2D eigenvalue weighted by molar-refractivity contribution is 5.76. The van der Waals surface area contributed by atoms with E-state index < -0.39 is 17.6 Å². The topological polar surface area (TPSA) is 55.1 Å². The summed E-state index contributed by atoms with van der Waals surface area (Å²) in [4.78, 5) is 10.7. The summed E-state index contributed by atoms with van der Waals surface area (Å²) in [7, 11) is 0. The van der Waals surface area contributed by atoms with Crippen LogP contribution in [0.4, 0.5) is 18.9 Å². The lowest BCUT2D eigenvalue weighted by Crippen LogP contribution is -2.26. The van der Waals surface area contributed by atoms with E-state index in [4.69, 9.17) is 5.73 Å². The molecule has 1 unspecified atom stereocenters. The van der Waals surface area contributed by atoms with Gasteiger partial charge in [0.05, 0.1) is 11.5 Å². The normalized spacial score (nSPS) is 13.2. The maximum atomic E-state index is 12.3. The Balaban J connectivity index is 2.60. The summed E-state index contributed by atoms with van der Waals surface area (Å²) in [5.41, 5.74) is 4.87. The Hall–Kier alpha value is -1.72. The number of benzene rings is 1. The fourth-order valence-electron chi connectivity index (χ4n) is 1.15. The second-order valence-electron chi connectivity index (χ2n) is 3.76. The number of carbonyl (C=O) groups excluding carboxylic acids is 1. The van der Waals surface area contributed by atoms with E-state index in [1.54, 1.807) is 6.92 Å². The molecule has 6 heteroatoms. The minimum atomic E-state index is -4.33. The number of nitrogens with one attached hydrogen (secondary N) is 1. The summed E-state index contributed by atoms with van der Waals surface area (Å²) in [5, 5.41) is 2.84. The molecule has 1 aromatic carbocycles. The number of anilines is 1. The molecule has 1 aromatic rings. The summed E-state index contributed by atoms with van der Waals surface area (Å²) in [6, 6.07) is 4.60. The van der Waals surface area contributed by atoms with Crippen molar-refractivity contribution in [3.8, 4) is 0 Å². The maximum absolute atomic E-state index is 12.3. The molecule has 94 valence electrons. The monoisotopic (exact) mass is 246 g/mol. The number of halogens is 3.